The van der Waals surface area contributed by atoms with E-state index in [1.165, 1.54) is 11.7 Å². The molecule has 0 unspecified atom stereocenters. The highest BCUT2D eigenvalue weighted by molar-refractivity contribution is 6.06. The molecule has 5 rings (SSSR count). The first kappa shape index (κ1) is 26.6. The standard InChI is InChI=1S/C30H31N5O5/c1-30(2,3)40-29(37)35-18-19(21-8-7-14-31-27(21)35)17-34-15-13-22-23(9-6-10-25(22)34)32-28(36)33-24-16-20(38-4)11-12-26(24)39-5/h6-16,18H,17H2,1-5H3,(H2,32,33,36). The summed E-state index contributed by atoms with van der Waals surface area (Å²) < 4.78 is 19.7. The Balaban J connectivity index is 1.41. The Morgan fingerprint density at radius 3 is 2.48 bits per heavy atom. The van der Waals surface area contributed by atoms with Crippen molar-refractivity contribution >= 4 is 45.4 Å². The molecule has 3 heterocycles. The van der Waals surface area contributed by atoms with Gasteiger partial charge in [-0.3, -0.25) is 0 Å². The van der Waals surface area contributed by atoms with Crippen molar-refractivity contribution in [1.29, 1.82) is 0 Å². The minimum absolute atomic E-state index is 0.418. The number of nitrogens with zero attached hydrogens (tertiary/aromatic N) is 3. The van der Waals surface area contributed by atoms with Crippen LogP contribution in [0.2, 0.25) is 0 Å². The second-order valence-corrected chi connectivity index (χ2v) is 10.2. The van der Waals surface area contributed by atoms with Gasteiger partial charge in [0, 0.05) is 42.0 Å². The van der Waals surface area contributed by atoms with E-state index in [0.717, 1.165) is 21.9 Å². The van der Waals surface area contributed by atoms with E-state index in [4.69, 9.17) is 14.2 Å². The third-order valence-electron chi connectivity index (χ3n) is 6.29. The third-order valence-corrected chi connectivity index (χ3v) is 6.29. The van der Waals surface area contributed by atoms with Gasteiger partial charge >= 0.3 is 12.1 Å². The van der Waals surface area contributed by atoms with Crippen LogP contribution in [0.1, 0.15) is 26.3 Å². The third kappa shape index (κ3) is 5.42. The number of amides is 2. The number of nitrogens with one attached hydrogen (secondary N) is 2. The van der Waals surface area contributed by atoms with Gasteiger partial charge in [-0.15, -0.1) is 0 Å². The van der Waals surface area contributed by atoms with Crippen molar-refractivity contribution in [1.82, 2.24) is 14.1 Å². The monoisotopic (exact) mass is 541 g/mol. The fraction of sp³-hybridized carbons (Fsp3) is 0.233. The number of hydrogen-bond donors (Lipinski definition) is 2. The predicted molar refractivity (Wildman–Crippen MR) is 155 cm³/mol. The molecule has 0 saturated heterocycles. The molecule has 2 N–H and O–H groups in total. The molecule has 206 valence electrons. The van der Waals surface area contributed by atoms with Crippen LogP contribution >= 0.6 is 0 Å². The van der Waals surface area contributed by atoms with Crippen LogP contribution in [0.4, 0.5) is 21.0 Å². The molecule has 0 aliphatic carbocycles. The number of benzene rings is 2. The summed E-state index contributed by atoms with van der Waals surface area (Å²) in [6.07, 6.45) is 4.90. The number of aromatic nitrogens is 3. The van der Waals surface area contributed by atoms with Gasteiger partial charge in [-0.05, 0) is 68.8 Å². The van der Waals surface area contributed by atoms with E-state index in [1.807, 2.05) is 63.4 Å². The van der Waals surface area contributed by atoms with Crippen LogP contribution in [-0.2, 0) is 11.3 Å². The van der Waals surface area contributed by atoms with Crippen molar-refractivity contribution in [3.8, 4) is 11.5 Å². The van der Waals surface area contributed by atoms with Crippen LogP contribution < -0.4 is 20.1 Å². The number of pyridine rings is 1. The second-order valence-electron chi connectivity index (χ2n) is 10.2. The molecule has 0 radical (unpaired) electrons. The van der Waals surface area contributed by atoms with Crippen molar-refractivity contribution in [2.45, 2.75) is 32.9 Å². The summed E-state index contributed by atoms with van der Waals surface area (Å²) in [6.45, 7) is 5.97. The molecule has 2 amide bonds. The normalized spacial score (nSPS) is 11.4. The minimum atomic E-state index is -0.632. The zero-order chi connectivity index (χ0) is 28.4. The lowest BCUT2D eigenvalue weighted by Gasteiger charge is -2.19. The summed E-state index contributed by atoms with van der Waals surface area (Å²) >= 11 is 0. The van der Waals surface area contributed by atoms with Gasteiger partial charge in [0.25, 0.3) is 0 Å². The average Bonchev–Trinajstić information content (AvgIpc) is 3.50. The molecule has 0 aliphatic rings. The van der Waals surface area contributed by atoms with Crippen LogP contribution in [0, 0.1) is 0 Å². The summed E-state index contributed by atoms with van der Waals surface area (Å²) in [5.74, 6) is 1.11. The molecule has 0 fully saturated rings. The molecule has 3 aromatic heterocycles. The van der Waals surface area contributed by atoms with Crippen molar-refractivity contribution in [2.75, 3.05) is 24.9 Å². The molecule has 40 heavy (non-hydrogen) atoms. The molecule has 2 aromatic carbocycles. The van der Waals surface area contributed by atoms with E-state index in [0.29, 0.717) is 35.1 Å². The largest absolute Gasteiger partial charge is 0.497 e. The molecule has 0 atom stereocenters. The molecule has 5 aromatic rings. The van der Waals surface area contributed by atoms with E-state index in [9.17, 15) is 9.59 Å². The Labute approximate surface area is 231 Å². The summed E-state index contributed by atoms with van der Waals surface area (Å²) in [7, 11) is 3.10. The Kier molecular flexibility index (Phi) is 7.08. The van der Waals surface area contributed by atoms with Crippen molar-refractivity contribution < 1.29 is 23.8 Å². The number of ether oxygens (including phenoxy) is 3. The highest BCUT2D eigenvalue weighted by atomic mass is 16.6. The molecule has 0 saturated carbocycles. The van der Waals surface area contributed by atoms with Crippen LogP contribution in [0.25, 0.3) is 21.9 Å². The highest BCUT2D eigenvalue weighted by Crippen LogP contribution is 2.31. The Morgan fingerprint density at radius 1 is 0.925 bits per heavy atom. The maximum Gasteiger partial charge on any atom is 0.420 e. The first-order chi connectivity index (χ1) is 19.2. The predicted octanol–water partition coefficient (Wildman–Crippen LogP) is 6.48. The number of carbonyl (C=O) groups is 2. The summed E-state index contributed by atoms with van der Waals surface area (Å²) in [5.41, 5.74) is 2.86. The van der Waals surface area contributed by atoms with E-state index in [-0.39, 0.29) is 0 Å². The van der Waals surface area contributed by atoms with Gasteiger partial charge in [0.15, 0.2) is 0 Å². The second kappa shape index (κ2) is 10.6. The summed E-state index contributed by atoms with van der Waals surface area (Å²) in [5, 5.41) is 7.49. The topological polar surface area (TPSA) is 109 Å². The van der Waals surface area contributed by atoms with Crippen molar-refractivity contribution in [2.24, 2.45) is 0 Å². The smallest absolute Gasteiger partial charge is 0.420 e. The van der Waals surface area contributed by atoms with Gasteiger partial charge in [0.05, 0.1) is 31.1 Å². The molecule has 10 heteroatoms. The fourth-order valence-electron chi connectivity index (χ4n) is 4.54. The number of hydrogen-bond acceptors (Lipinski definition) is 6. The molecule has 0 spiro atoms. The van der Waals surface area contributed by atoms with Crippen LogP contribution in [0.5, 0.6) is 11.5 Å². The zero-order valence-corrected chi connectivity index (χ0v) is 23.0. The minimum Gasteiger partial charge on any atom is -0.497 e. The Hall–Kier alpha value is -4.99. The summed E-state index contributed by atoms with van der Waals surface area (Å²) in [4.78, 5) is 30.2. The average molecular weight is 542 g/mol. The Bertz CT molecular complexity index is 1710. The lowest BCUT2D eigenvalue weighted by atomic mass is 10.2. The van der Waals surface area contributed by atoms with Gasteiger partial charge in [-0.1, -0.05) is 6.07 Å². The van der Waals surface area contributed by atoms with Gasteiger partial charge < -0.3 is 29.4 Å². The van der Waals surface area contributed by atoms with E-state index >= 15 is 0 Å². The number of rotatable bonds is 6. The van der Waals surface area contributed by atoms with E-state index in [2.05, 4.69) is 20.2 Å². The zero-order valence-electron chi connectivity index (χ0n) is 23.0. The number of carbonyl (C=O) groups excluding carboxylic acids is 2. The molecular weight excluding hydrogens is 510 g/mol. The van der Waals surface area contributed by atoms with Gasteiger partial charge in [0.1, 0.15) is 22.7 Å². The fourth-order valence-corrected chi connectivity index (χ4v) is 4.54. The van der Waals surface area contributed by atoms with Crippen molar-refractivity contribution in [3.05, 3.63) is 78.8 Å². The molecule has 10 nitrogen and oxygen atoms in total. The summed E-state index contributed by atoms with van der Waals surface area (Å²) in [6, 6.07) is 16.2. The maximum atomic E-state index is 12.9. The van der Waals surface area contributed by atoms with E-state index in [1.54, 1.807) is 37.7 Å². The Morgan fingerprint density at radius 2 is 1.73 bits per heavy atom. The van der Waals surface area contributed by atoms with E-state index < -0.39 is 17.7 Å². The number of anilines is 2. The first-order valence-electron chi connectivity index (χ1n) is 12.7. The van der Waals surface area contributed by atoms with Gasteiger partial charge in [-0.2, -0.15) is 0 Å². The lowest BCUT2D eigenvalue weighted by Crippen LogP contribution is -2.26. The lowest BCUT2D eigenvalue weighted by molar-refractivity contribution is 0.0543. The molecule has 0 bridgehead atoms. The van der Waals surface area contributed by atoms with Gasteiger partial charge in [-0.25, -0.2) is 19.1 Å². The SMILES string of the molecule is COc1ccc(OC)c(NC(=O)Nc2cccc3c2ccn3Cc2cn(C(=O)OC(C)(C)C)c3ncccc23)c1. The van der Waals surface area contributed by atoms with Crippen LogP contribution in [0.3, 0.4) is 0 Å². The number of fused-ring (bicyclic) bond motifs is 2. The van der Waals surface area contributed by atoms with Crippen LogP contribution in [0.15, 0.2) is 73.2 Å². The molecular formula is C30H31N5O5. The highest BCUT2D eigenvalue weighted by Gasteiger charge is 2.22. The quantitative estimate of drug-likeness (QED) is 0.255. The van der Waals surface area contributed by atoms with Crippen molar-refractivity contribution in [3.63, 3.8) is 0 Å². The van der Waals surface area contributed by atoms with Gasteiger partial charge in [0.2, 0.25) is 0 Å². The van der Waals surface area contributed by atoms with Crippen LogP contribution in [-0.4, -0.2) is 46.1 Å². The number of methoxy groups -OCH3 is 2. The molecule has 0 aliphatic heterocycles. The first-order valence-corrected chi connectivity index (χ1v) is 12.7. The maximum absolute atomic E-state index is 12.9. The number of urea groups is 1.